The summed E-state index contributed by atoms with van der Waals surface area (Å²) in [4.78, 5) is 7.50. The molecule has 5 heteroatoms. The Morgan fingerprint density at radius 3 is 2.53 bits per heavy atom. The van der Waals surface area contributed by atoms with Crippen LogP contribution in [0.1, 0.15) is 33.6 Å². The number of nitrogens with zero attached hydrogens (tertiary/aromatic N) is 3. The molecule has 15 heavy (non-hydrogen) atoms. The summed E-state index contributed by atoms with van der Waals surface area (Å²) in [5.74, 6) is 0.852. The molecule has 3 fully saturated rings. The molecule has 84 valence electrons. The number of rotatable bonds is 2. The average Bonchev–Trinajstić information content (AvgIpc) is 2.20. The van der Waals surface area contributed by atoms with Crippen LogP contribution < -0.4 is 0 Å². The Kier molecular flexibility index (Phi) is 2.23. The van der Waals surface area contributed by atoms with Crippen molar-refractivity contribution in [3.8, 4) is 0 Å². The summed E-state index contributed by atoms with van der Waals surface area (Å²) < 4.78 is 0. The highest BCUT2D eigenvalue weighted by Gasteiger charge is 2.64. The van der Waals surface area contributed by atoms with E-state index in [0.29, 0.717) is 5.92 Å². The molecule has 3 aliphatic rings. The molecule has 0 amide bonds. The van der Waals surface area contributed by atoms with Gasteiger partial charge in [0.25, 0.3) is 0 Å². The van der Waals surface area contributed by atoms with Crippen LogP contribution in [0, 0.1) is 17.3 Å². The van der Waals surface area contributed by atoms with E-state index in [1.54, 1.807) is 0 Å². The van der Waals surface area contributed by atoms with Crippen LogP contribution in [0.15, 0.2) is 5.11 Å². The van der Waals surface area contributed by atoms with Crippen LogP contribution in [0.4, 0.5) is 0 Å². The van der Waals surface area contributed by atoms with Crippen LogP contribution in [0.25, 0.3) is 10.4 Å². The van der Waals surface area contributed by atoms with Crippen LogP contribution in [-0.4, -0.2) is 16.9 Å². The Hall–Kier alpha value is -0.770. The average molecular weight is 211 g/mol. The Balaban J connectivity index is 2.32. The molecule has 5 nitrogen and oxygen atoms in total. The molecule has 3 rings (SSSR count). The fourth-order valence-corrected chi connectivity index (χ4v) is 3.47. The van der Waals surface area contributed by atoms with E-state index >= 15 is 0 Å². The fraction of sp³-hybridized carbons (Fsp3) is 1.00. The second kappa shape index (κ2) is 3.11. The summed E-state index contributed by atoms with van der Waals surface area (Å²) in [6.45, 7) is 6.22. The van der Waals surface area contributed by atoms with Gasteiger partial charge >= 0.3 is 0 Å². The maximum Gasteiger partial charge on any atom is 0.112 e. The number of azide groups is 1. The first-order valence-corrected chi connectivity index (χ1v) is 5.33. The lowest BCUT2D eigenvalue weighted by Gasteiger charge is -2.64. The first-order chi connectivity index (χ1) is 6.96. The normalized spacial score (nSPS) is 46.5. The number of fused-ring (bicyclic) bond motifs is 2. The minimum atomic E-state index is -0.718. The maximum absolute atomic E-state index is 9.09. The van der Waals surface area contributed by atoms with Crippen LogP contribution in [0.3, 0.4) is 0 Å². The van der Waals surface area contributed by atoms with Gasteiger partial charge < -0.3 is 0 Å². The highest BCUT2D eigenvalue weighted by Crippen LogP contribution is 2.64. The van der Waals surface area contributed by atoms with Gasteiger partial charge in [0.05, 0.1) is 6.04 Å². The fourth-order valence-electron chi connectivity index (χ4n) is 3.47. The smallest absolute Gasteiger partial charge is 0.112 e. The van der Waals surface area contributed by atoms with Crippen LogP contribution in [0.2, 0.25) is 0 Å². The molecule has 0 radical (unpaired) electrons. The molecule has 3 aliphatic carbocycles. The van der Waals surface area contributed by atoms with E-state index in [2.05, 4.69) is 28.8 Å². The SMILES string of the molecule is CC1(C)[C@@H]2C[C@H](N=[N+]=[N-])[C@](C)(OO)[C@@H]1C2. The lowest BCUT2D eigenvalue weighted by molar-refractivity contribution is -0.376. The molecule has 0 saturated heterocycles. The van der Waals surface area contributed by atoms with Crippen molar-refractivity contribution >= 4 is 0 Å². The molecule has 1 N–H and O–H groups in total. The zero-order valence-corrected chi connectivity index (χ0v) is 9.34. The van der Waals surface area contributed by atoms with Crippen LogP contribution in [-0.2, 0) is 4.89 Å². The molecule has 0 heterocycles. The molecule has 4 atom stereocenters. The highest BCUT2D eigenvalue weighted by molar-refractivity contribution is 5.15. The monoisotopic (exact) mass is 211 g/mol. The second-order valence-corrected chi connectivity index (χ2v) is 5.54. The van der Waals surface area contributed by atoms with Crippen LogP contribution >= 0.6 is 0 Å². The van der Waals surface area contributed by atoms with Crippen molar-refractivity contribution in [2.24, 2.45) is 22.4 Å². The topological polar surface area (TPSA) is 78.2 Å². The van der Waals surface area contributed by atoms with E-state index in [1.807, 2.05) is 6.92 Å². The summed E-state index contributed by atoms with van der Waals surface area (Å²) in [6.07, 6.45) is 1.87. The first-order valence-electron chi connectivity index (χ1n) is 5.33. The molecule has 0 spiro atoms. The zero-order chi connectivity index (χ0) is 11.3. The second-order valence-electron chi connectivity index (χ2n) is 5.54. The number of hydrogen-bond acceptors (Lipinski definition) is 3. The van der Waals surface area contributed by atoms with Gasteiger partial charge in [0, 0.05) is 4.91 Å². The molecular weight excluding hydrogens is 194 g/mol. The Bertz CT molecular complexity index is 325. The van der Waals surface area contributed by atoms with Crippen molar-refractivity contribution in [1.82, 2.24) is 0 Å². The van der Waals surface area contributed by atoms with Crippen molar-refractivity contribution < 1.29 is 10.1 Å². The molecule has 0 aromatic rings. The summed E-state index contributed by atoms with van der Waals surface area (Å²) in [5, 5.41) is 12.8. The molecule has 0 aromatic heterocycles. The van der Waals surface area contributed by atoms with Gasteiger partial charge in [-0.25, -0.2) is 4.89 Å². The van der Waals surface area contributed by atoms with E-state index < -0.39 is 5.60 Å². The van der Waals surface area contributed by atoms with E-state index in [0.717, 1.165) is 12.8 Å². The van der Waals surface area contributed by atoms with E-state index in [1.165, 1.54) is 0 Å². The Morgan fingerprint density at radius 2 is 2.07 bits per heavy atom. The van der Waals surface area contributed by atoms with Crippen LogP contribution in [0.5, 0.6) is 0 Å². The summed E-state index contributed by atoms with van der Waals surface area (Å²) in [7, 11) is 0. The van der Waals surface area contributed by atoms with Gasteiger partial charge in [-0.05, 0) is 42.5 Å². The minimum Gasteiger partial charge on any atom is -0.251 e. The van der Waals surface area contributed by atoms with Gasteiger partial charge in [0.2, 0.25) is 0 Å². The highest BCUT2D eigenvalue weighted by atomic mass is 17.1. The standard InChI is InChI=1S/C10H17N3O2/c1-9(2)6-4-7(9)10(3,15-14)8(5-6)12-13-11/h6-8,14H,4-5H2,1-3H3/t6-,7+,8-,10+/m0/s1. The van der Waals surface area contributed by atoms with Crippen molar-refractivity contribution in [3.05, 3.63) is 10.4 Å². The predicted octanol–water partition coefficient (Wildman–Crippen LogP) is 2.98. The van der Waals surface area contributed by atoms with Crippen molar-refractivity contribution in [1.29, 1.82) is 0 Å². The third-order valence-corrected chi connectivity index (χ3v) is 4.72. The first kappa shape index (κ1) is 10.7. The third-order valence-electron chi connectivity index (χ3n) is 4.72. The zero-order valence-electron chi connectivity index (χ0n) is 9.34. The van der Waals surface area contributed by atoms with Gasteiger partial charge in [0.1, 0.15) is 5.60 Å². The quantitative estimate of drug-likeness (QED) is 0.250. The lowest BCUT2D eigenvalue weighted by Crippen LogP contribution is -2.66. The molecule has 0 unspecified atom stereocenters. The Morgan fingerprint density at radius 1 is 1.40 bits per heavy atom. The summed E-state index contributed by atoms with van der Waals surface area (Å²) in [6, 6.07) is -0.246. The lowest BCUT2D eigenvalue weighted by atomic mass is 9.43. The Labute approximate surface area is 89.0 Å². The third kappa shape index (κ3) is 1.20. The molecule has 0 aliphatic heterocycles. The molecule has 2 bridgehead atoms. The summed E-state index contributed by atoms with van der Waals surface area (Å²) >= 11 is 0. The molecule has 3 saturated carbocycles. The van der Waals surface area contributed by atoms with Crippen molar-refractivity contribution in [2.75, 3.05) is 0 Å². The summed E-state index contributed by atoms with van der Waals surface area (Å²) in [5.41, 5.74) is 7.96. The van der Waals surface area contributed by atoms with Crippen molar-refractivity contribution in [2.45, 2.75) is 45.3 Å². The van der Waals surface area contributed by atoms with E-state index in [-0.39, 0.29) is 17.4 Å². The van der Waals surface area contributed by atoms with Gasteiger partial charge in [-0.2, -0.15) is 0 Å². The minimum absolute atomic E-state index is 0.180. The molecular formula is C10H17N3O2. The van der Waals surface area contributed by atoms with Gasteiger partial charge in [-0.3, -0.25) is 5.26 Å². The van der Waals surface area contributed by atoms with Gasteiger partial charge in [-0.15, -0.1) is 0 Å². The number of hydrogen-bond donors (Lipinski definition) is 1. The largest absolute Gasteiger partial charge is 0.251 e. The van der Waals surface area contributed by atoms with Crippen molar-refractivity contribution in [3.63, 3.8) is 0 Å². The maximum atomic E-state index is 9.09. The predicted molar refractivity (Wildman–Crippen MR) is 55.0 cm³/mol. The molecule has 0 aromatic carbocycles. The van der Waals surface area contributed by atoms with Gasteiger partial charge in [-0.1, -0.05) is 19.0 Å². The van der Waals surface area contributed by atoms with E-state index in [9.17, 15) is 0 Å². The van der Waals surface area contributed by atoms with Gasteiger partial charge in [0.15, 0.2) is 0 Å². The van der Waals surface area contributed by atoms with E-state index in [4.69, 9.17) is 10.8 Å².